The van der Waals surface area contributed by atoms with Gasteiger partial charge in [-0.15, -0.1) is 0 Å². The molecular formula is C22H27NO4. The molecule has 0 aliphatic carbocycles. The van der Waals surface area contributed by atoms with Crippen molar-refractivity contribution in [3.05, 3.63) is 65.2 Å². The van der Waals surface area contributed by atoms with E-state index in [-0.39, 0.29) is 18.5 Å². The number of methoxy groups -OCH3 is 1. The number of benzene rings is 2. The van der Waals surface area contributed by atoms with E-state index < -0.39 is 0 Å². The van der Waals surface area contributed by atoms with Gasteiger partial charge in [0.15, 0.2) is 0 Å². The SMILES string of the molecule is CCC(C)c1ccc(C(=O)OCCN(C)c2ccc(C(=O)OC)cc2)cc1. The first-order chi connectivity index (χ1) is 13.0. The van der Waals surface area contributed by atoms with Gasteiger partial charge in [-0.3, -0.25) is 0 Å². The molecule has 0 aliphatic rings. The minimum absolute atomic E-state index is 0.279. The van der Waals surface area contributed by atoms with Crippen LogP contribution in [0.25, 0.3) is 0 Å². The maximum absolute atomic E-state index is 12.2. The highest BCUT2D eigenvalue weighted by molar-refractivity contribution is 5.90. The van der Waals surface area contributed by atoms with Gasteiger partial charge in [-0.25, -0.2) is 9.59 Å². The Morgan fingerprint density at radius 3 is 2.07 bits per heavy atom. The number of hydrogen-bond acceptors (Lipinski definition) is 5. The third-order valence-corrected chi connectivity index (χ3v) is 4.72. The lowest BCUT2D eigenvalue weighted by Crippen LogP contribution is -2.24. The second-order valence-corrected chi connectivity index (χ2v) is 6.53. The monoisotopic (exact) mass is 369 g/mol. The molecular weight excluding hydrogens is 342 g/mol. The first-order valence-electron chi connectivity index (χ1n) is 9.12. The molecule has 1 atom stereocenters. The predicted molar refractivity (Wildman–Crippen MR) is 106 cm³/mol. The second kappa shape index (κ2) is 9.76. The van der Waals surface area contributed by atoms with Crippen LogP contribution >= 0.6 is 0 Å². The Balaban J connectivity index is 1.84. The number of likely N-dealkylation sites (N-methyl/N-ethyl adjacent to an activating group) is 1. The fourth-order valence-electron chi connectivity index (χ4n) is 2.64. The maximum atomic E-state index is 12.2. The van der Waals surface area contributed by atoms with Crippen molar-refractivity contribution in [2.75, 3.05) is 32.2 Å². The van der Waals surface area contributed by atoms with Crippen LogP contribution in [-0.2, 0) is 9.47 Å². The molecule has 5 heteroatoms. The first kappa shape index (κ1) is 20.5. The van der Waals surface area contributed by atoms with Crippen molar-refractivity contribution in [2.45, 2.75) is 26.2 Å². The van der Waals surface area contributed by atoms with Crippen LogP contribution in [-0.4, -0.2) is 39.2 Å². The summed E-state index contributed by atoms with van der Waals surface area (Å²) in [6, 6.07) is 14.7. The van der Waals surface area contributed by atoms with Crippen LogP contribution in [0.5, 0.6) is 0 Å². The quantitative estimate of drug-likeness (QED) is 0.650. The molecule has 0 saturated carbocycles. The molecule has 0 N–H and O–H groups in total. The Hall–Kier alpha value is -2.82. The van der Waals surface area contributed by atoms with Crippen molar-refractivity contribution in [3.63, 3.8) is 0 Å². The van der Waals surface area contributed by atoms with Gasteiger partial charge in [0.05, 0.1) is 24.8 Å². The predicted octanol–water partition coefficient (Wildman–Crippen LogP) is 4.28. The Bertz CT molecular complexity index is 753. The van der Waals surface area contributed by atoms with Gasteiger partial charge in [-0.05, 0) is 54.3 Å². The van der Waals surface area contributed by atoms with E-state index in [9.17, 15) is 9.59 Å². The molecule has 0 aliphatic heterocycles. The third-order valence-electron chi connectivity index (χ3n) is 4.72. The summed E-state index contributed by atoms with van der Waals surface area (Å²) in [5, 5.41) is 0. The molecule has 0 radical (unpaired) electrons. The average molecular weight is 369 g/mol. The van der Waals surface area contributed by atoms with Crippen LogP contribution in [0.2, 0.25) is 0 Å². The Labute approximate surface area is 160 Å². The molecule has 1 unspecified atom stereocenters. The van der Waals surface area contributed by atoms with E-state index in [1.807, 2.05) is 48.3 Å². The summed E-state index contributed by atoms with van der Waals surface area (Å²) >= 11 is 0. The van der Waals surface area contributed by atoms with E-state index in [1.54, 1.807) is 12.1 Å². The van der Waals surface area contributed by atoms with E-state index in [1.165, 1.54) is 12.7 Å². The van der Waals surface area contributed by atoms with Crippen molar-refractivity contribution in [1.82, 2.24) is 0 Å². The molecule has 144 valence electrons. The number of nitrogens with zero attached hydrogens (tertiary/aromatic N) is 1. The molecule has 27 heavy (non-hydrogen) atoms. The fraction of sp³-hybridized carbons (Fsp3) is 0.364. The lowest BCUT2D eigenvalue weighted by Gasteiger charge is -2.19. The molecule has 0 amide bonds. The van der Waals surface area contributed by atoms with Crippen LogP contribution in [0.3, 0.4) is 0 Å². The zero-order valence-electron chi connectivity index (χ0n) is 16.4. The number of anilines is 1. The smallest absolute Gasteiger partial charge is 0.338 e. The lowest BCUT2D eigenvalue weighted by atomic mass is 9.98. The van der Waals surface area contributed by atoms with Crippen molar-refractivity contribution >= 4 is 17.6 Å². The van der Waals surface area contributed by atoms with Gasteiger partial charge in [-0.2, -0.15) is 0 Å². The molecule has 5 nitrogen and oxygen atoms in total. The molecule has 0 aromatic heterocycles. The molecule has 0 fully saturated rings. The third kappa shape index (κ3) is 5.58. The van der Waals surface area contributed by atoms with E-state index >= 15 is 0 Å². The number of carbonyl (C=O) groups is 2. The Morgan fingerprint density at radius 1 is 0.963 bits per heavy atom. The average Bonchev–Trinajstić information content (AvgIpc) is 2.72. The number of rotatable bonds is 8. The summed E-state index contributed by atoms with van der Waals surface area (Å²) in [4.78, 5) is 25.6. The first-order valence-corrected chi connectivity index (χ1v) is 9.12. The summed E-state index contributed by atoms with van der Waals surface area (Å²) < 4.78 is 10.1. The van der Waals surface area contributed by atoms with Gasteiger partial charge in [0.2, 0.25) is 0 Å². The van der Waals surface area contributed by atoms with Crippen LogP contribution < -0.4 is 4.90 Å². The molecule has 0 bridgehead atoms. The van der Waals surface area contributed by atoms with Crippen molar-refractivity contribution in [2.24, 2.45) is 0 Å². The largest absolute Gasteiger partial charge is 0.465 e. The molecule has 2 aromatic carbocycles. The van der Waals surface area contributed by atoms with E-state index in [2.05, 4.69) is 18.6 Å². The van der Waals surface area contributed by atoms with E-state index in [0.29, 0.717) is 23.6 Å². The van der Waals surface area contributed by atoms with Gasteiger partial charge in [0, 0.05) is 12.7 Å². The standard InChI is InChI=1S/C22H27NO4/c1-5-16(2)17-6-8-19(9-7-17)22(25)27-15-14-23(3)20-12-10-18(11-13-20)21(24)26-4/h6-13,16H,5,14-15H2,1-4H3. The summed E-state index contributed by atoms with van der Waals surface area (Å²) in [7, 11) is 3.26. The maximum Gasteiger partial charge on any atom is 0.338 e. The van der Waals surface area contributed by atoms with E-state index in [4.69, 9.17) is 4.74 Å². The number of esters is 2. The van der Waals surface area contributed by atoms with Gasteiger partial charge < -0.3 is 14.4 Å². The van der Waals surface area contributed by atoms with Crippen molar-refractivity contribution in [1.29, 1.82) is 0 Å². The van der Waals surface area contributed by atoms with Gasteiger partial charge >= 0.3 is 11.9 Å². The van der Waals surface area contributed by atoms with Crippen LogP contribution in [0.15, 0.2) is 48.5 Å². The number of hydrogen-bond donors (Lipinski definition) is 0. The van der Waals surface area contributed by atoms with Gasteiger partial charge in [0.25, 0.3) is 0 Å². The van der Waals surface area contributed by atoms with Crippen molar-refractivity contribution < 1.29 is 19.1 Å². The zero-order valence-corrected chi connectivity index (χ0v) is 16.4. The van der Waals surface area contributed by atoms with Crippen molar-refractivity contribution in [3.8, 4) is 0 Å². The van der Waals surface area contributed by atoms with Gasteiger partial charge in [0.1, 0.15) is 6.61 Å². The second-order valence-electron chi connectivity index (χ2n) is 6.53. The lowest BCUT2D eigenvalue weighted by molar-refractivity contribution is 0.0515. The van der Waals surface area contributed by atoms with Crippen LogP contribution in [0.1, 0.15) is 52.5 Å². The summed E-state index contributed by atoms with van der Waals surface area (Å²) in [6.07, 6.45) is 1.07. The minimum atomic E-state index is -0.363. The normalized spacial score (nSPS) is 11.6. The highest BCUT2D eigenvalue weighted by Crippen LogP contribution is 2.19. The summed E-state index contributed by atoms with van der Waals surface area (Å²) in [6.45, 7) is 5.14. The molecule has 2 rings (SSSR count). The number of carbonyl (C=O) groups excluding carboxylic acids is 2. The number of ether oxygens (including phenoxy) is 2. The zero-order chi connectivity index (χ0) is 19.8. The Morgan fingerprint density at radius 2 is 1.52 bits per heavy atom. The van der Waals surface area contributed by atoms with Crippen LogP contribution in [0.4, 0.5) is 5.69 Å². The highest BCUT2D eigenvalue weighted by atomic mass is 16.5. The Kier molecular flexibility index (Phi) is 7.41. The van der Waals surface area contributed by atoms with Crippen LogP contribution in [0, 0.1) is 0 Å². The fourth-order valence-corrected chi connectivity index (χ4v) is 2.64. The molecule has 0 spiro atoms. The summed E-state index contributed by atoms with van der Waals surface area (Å²) in [5.41, 5.74) is 3.22. The summed E-state index contributed by atoms with van der Waals surface area (Å²) in [5.74, 6) is -0.202. The minimum Gasteiger partial charge on any atom is -0.465 e. The molecule has 0 saturated heterocycles. The molecule has 2 aromatic rings. The highest BCUT2D eigenvalue weighted by Gasteiger charge is 2.10. The molecule has 0 heterocycles. The van der Waals surface area contributed by atoms with E-state index in [0.717, 1.165) is 12.1 Å². The van der Waals surface area contributed by atoms with Gasteiger partial charge in [-0.1, -0.05) is 26.0 Å². The topological polar surface area (TPSA) is 55.8 Å².